The fraction of sp³-hybridized carbons (Fsp3) is 0. The zero-order valence-corrected chi connectivity index (χ0v) is 14.9. The summed E-state index contributed by atoms with van der Waals surface area (Å²) in [4.78, 5) is 7.80. The molecule has 0 saturated carbocycles. The molecule has 0 spiro atoms. The van der Waals surface area contributed by atoms with Crippen LogP contribution in [-0.4, -0.2) is 9.97 Å². The molecule has 2 nitrogen and oxygen atoms in total. The summed E-state index contributed by atoms with van der Waals surface area (Å²) in [6.45, 7) is 0. The molecule has 2 heterocycles. The molecule has 0 aliphatic heterocycles. The third-order valence-corrected chi connectivity index (χ3v) is 2.78. The zero-order valence-electron chi connectivity index (χ0n) is 12.6. The van der Waals surface area contributed by atoms with Crippen molar-refractivity contribution in [2.45, 2.75) is 0 Å². The van der Waals surface area contributed by atoms with Crippen LogP contribution in [0, 0.1) is 0 Å². The van der Waals surface area contributed by atoms with Crippen molar-refractivity contribution in [3.05, 3.63) is 110 Å². The smallest absolute Gasteiger partial charge is 0.0346 e. The van der Waals surface area contributed by atoms with Crippen molar-refractivity contribution in [3.63, 3.8) is 0 Å². The molecule has 3 heteroatoms. The molecule has 23 heavy (non-hydrogen) atoms. The van der Waals surface area contributed by atoms with E-state index in [9.17, 15) is 0 Å². The molecular weight excluding hydrogens is 463 g/mol. The number of nitrogens with zero attached hydrogens (tertiary/aromatic N) is 2. The number of hydrogen-bond donors (Lipinski definition) is 0. The van der Waals surface area contributed by atoms with Crippen molar-refractivity contribution >= 4 is 10.8 Å². The fourth-order valence-electron chi connectivity index (χ4n) is 1.72. The van der Waals surface area contributed by atoms with Gasteiger partial charge in [0.1, 0.15) is 0 Å². The molecule has 0 amide bonds. The van der Waals surface area contributed by atoms with Gasteiger partial charge in [0.25, 0.3) is 0 Å². The Morgan fingerprint density at radius 2 is 0.957 bits per heavy atom. The minimum Gasteiger partial charge on any atom is -0.265 e. The maximum atomic E-state index is 4.01. The molecule has 0 aliphatic carbocycles. The average molecular weight is 481 g/mol. The first-order valence-electron chi connectivity index (χ1n) is 7.10. The Hall–Kier alpha value is -2.31. The quantitative estimate of drug-likeness (QED) is 0.353. The first-order valence-corrected chi connectivity index (χ1v) is 7.10. The van der Waals surface area contributed by atoms with Crippen LogP contribution in [-0.2, 0) is 21.1 Å². The van der Waals surface area contributed by atoms with Crippen LogP contribution in [0.3, 0.4) is 0 Å². The Bertz CT molecular complexity index is 596. The van der Waals surface area contributed by atoms with Crippen molar-refractivity contribution in [1.29, 1.82) is 0 Å². The Morgan fingerprint density at radius 3 is 1.39 bits per heavy atom. The van der Waals surface area contributed by atoms with Crippen LogP contribution in [0.15, 0.2) is 110 Å². The Kier molecular flexibility index (Phi) is 9.98. The molecule has 0 atom stereocenters. The molecule has 0 fully saturated rings. The summed E-state index contributed by atoms with van der Waals surface area (Å²) in [6, 6.07) is 27.9. The summed E-state index contributed by atoms with van der Waals surface area (Å²) < 4.78 is 0. The minimum atomic E-state index is 0. The normalized spacial score (nSPS) is 8.52. The van der Waals surface area contributed by atoms with E-state index in [1.807, 2.05) is 85.2 Å². The van der Waals surface area contributed by atoms with Gasteiger partial charge in [0, 0.05) is 45.9 Å². The van der Waals surface area contributed by atoms with Gasteiger partial charge in [0.2, 0.25) is 0 Å². The van der Waals surface area contributed by atoms with Gasteiger partial charge < -0.3 is 0 Å². The number of rotatable bonds is 0. The molecule has 0 aliphatic rings. The third-order valence-electron chi connectivity index (χ3n) is 2.78. The molecular formula is C20H18N2Pt. The third kappa shape index (κ3) is 8.04. The molecule has 2 aromatic heterocycles. The van der Waals surface area contributed by atoms with E-state index < -0.39 is 0 Å². The fourth-order valence-corrected chi connectivity index (χ4v) is 1.72. The van der Waals surface area contributed by atoms with Gasteiger partial charge in [-0.3, -0.25) is 9.97 Å². The van der Waals surface area contributed by atoms with E-state index in [0.717, 1.165) is 0 Å². The standard InChI is InChI=1S/C9H7N.C6H6.C5H5N.Pt/c1-2-4-9-7-10-6-5-8(9)3-1;2*1-2-4-6-5-3-1;/h1-7H;1-6H;1-5H;. The predicted molar refractivity (Wildman–Crippen MR) is 92.4 cm³/mol. The van der Waals surface area contributed by atoms with Gasteiger partial charge >= 0.3 is 0 Å². The topological polar surface area (TPSA) is 25.8 Å². The van der Waals surface area contributed by atoms with E-state index in [1.165, 1.54) is 10.8 Å². The molecule has 118 valence electrons. The van der Waals surface area contributed by atoms with Crippen molar-refractivity contribution in [2.24, 2.45) is 0 Å². The van der Waals surface area contributed by atoms with Crippen LogP contribution in [0.4, 0.5) is 0 Å². The Labute approximate surface area is 151 Å². The van der Waals surface area contributed by atoms with Crippen LogP contribution in [0.2, 0.25) is 0 Å². The predicted octanol–water partition coefficient (Wildman–Crippen LogP) is 5.00. The monoisotopic (exact) mass is 481 g/mol. The van der Waals surface area contributed by atoms with Gasteiger partial charge in [-0.2, -0.15) is 0 Å². The first-order chi connectivity index (χ1) is 11.0. The number of benzene rings is 2. The van der Waals surface area contributed by atoms with Gasteiger partial charge in [-0.1, -0.05) is 66.7 Å². The Balaban J connectivity index is 0.000000178. The van der Waals surface area contributed by atoms with Crippen molar-refractivity contribution < 1.29 is 21.1 Å². The van der Waals surface area contributed by atoms with Gasteiger partial charge in [-0.25, -0.2) is 0 Å². The van der Waals surface area contributed by atoms with Crippen LogP contribution < -0.4 is 0 Å². The summed E-state index contributed by atoms with van der Waals surface area (Å²) >= 11 is 0. The van der Waals surface area contributed by atoms with E-state index in [2.05, 4.69) is 22.1 Å². The number of fused-ring (bicyclic) bond motifs is 1. The van der Waals surface area contributed by atoms with E-state index in [0.29, 0.717) is 0 Å². The maximum Gasteiger partial charge on any atom is 0.0346 e. The average Bonchev–Trinajstić information content (AvgIpc) is 2.66. The van der Waals surface area contributed by atoms with Crippen LogP contribution in [0.1, 0.15) is 0 Å². The minimum absolute atomic E-state index is 0. The second-order valence-electron chi connectivity index (χ2n) is 4.40. The van der Waals surface area contributed by atoms with Gasteiger partial charge in [-0.05, 0) is 29.0 Å². The van der Waals surface area contributed by atoms with E-state index in [-0.39, 0.29) is 21.1 Å². The summed E-state index contributed by atoms with van der Waals surface area (Å²) in [5.41, 5.74) is 0. The SMILES string of the molecule is [Pt].c1ccc2cnccc2c1.c1ccccc1.c1ccncc1. The molecule has 0 N–H and O–H groups in total. The molecule has 0 bridgehead atoms. The Morgan fingerprint density at radius 1 is 0.435 bits per heavy atom. The summed E-state index contributed by atoms with van der Waals surface area (Å²) in [7, 11) is 0. The summed E-state index contributed by atoms with van der Waals surface area (Å²) in [6.07, 6.45) is 7.18. The van der Waals surface area contributed by atoms with E-state index >= 15 is 0 Å². The van der Waals surface area contributed by atoms with Gasteiger partial charge in [0.05, 0.1) is 0 Å². The van der Waals surface area contributed by atoms with Crippen LogP contribution in [0.5, 0.6) is 0 Å². The summed E-state index contributed by atoms with van der Waals surface area (Å²) in [5, 5.41) is 2.45. The van der Waals surface area contributed by atoms with Crippen molar-refractivity contribution in [2.75, 3.05) is 0 Å². The maximum absolute atomic E-state index is 4.01. The molecule has 0 saturated heterocycles. The van der Waals surface area contributed by atoms with Gasteiger partial charge in [0.15, 0.2) is 0 Å². The van der Waals surface area contributed by atoms with Crippen LogP contribution in [0.25, 0.3) is 10.8 Å². The van der Waals surface area contributed by atoms with Gasteiger partial charge in [-0.15, -0.1) is 0 Å². The molecule has 0 radical (unpaired) electrons. The van der Waals surface area contributed by atoms with Crippen molar-refractivity contribution in [3.8, 4) is 0 Å². The summed E-state index contributed by atoms with van der Waals surface area (Å²) in [5.74, 6) is 0. The first kappa shape index (κ1) is 18.7. The largest absolute Gasteiger partial charge is 0.265 e. The number of pyridine rings is 2. The van der Waals surface area contributed by atoms with E-state index in [4.69, 9.17) is 0 Å². The number of hydrogen-bond acceptors (Lipinski definition) is 2. The number of aromatic nitrogens is 2. The molecule has 0 unspecified atom stereocenters. The zero-order chi connectivity index (χ0) is 15.3. The van der Waals surface area contributed by atoms with E-state index in [1.54, 1.807) is 12.4 Å². The molecule has 2 aromatic carbocycles. The second kappa shape index (κ2) is 12.3. The van der Waals surface area contributed by atoms with Crippen LogP contribution >= 0.6 is 0 Å². The van der Waals surface area contributed by atoms with Crippen molar-refractivity contribution in [1.82, 2.24) is 9.97 Å². The second-order valence-corrected chi connectivity index (χ2v) is 4.40. The molecule has 4 rings (SSSR count). The molecule has 4 aromatic rings.